The van der Waals surface area contributed by atoms with Crippen LogP contribution in [0, 0.1) is 6.92 Å². The minimum absolute atomic E-state index is 0. The van der Waals surface area contributed by atoms with Crippen molar-refractivity contribution in [1.29, 1.82) is 0 Å². The van der Waals surface area contributed by atoms with Crippen LogP contribution < -0.4 is 15.2 Å². The standard InChI is InChI=1S/C21H20N4O2.ClH/c1-13-4-7-16(19(10-13)27-3)21-24-23-20-9-6-15(12-25(20)21)14-5-8-18(26-2)17(22)11-14;/h4-12H,22H2,1-3H3;1H. The quantitative estimate of drug-likeness (QED) is 0.518. The third kappa shape index (κ3) is 3.34. The Bertz CT molecular complexity index is 1140. The van der Waals surface area contributed by atoms with Gasteiger partial charge in [-0.3, -0.25) is 4.40 Å². The number of aromatic nitrogens is 3. The maximum atomic E-state index is 6.06. The fraction of sp³-hybridized carbons (Fsp3) is 0.143. The number of nitrogens with zero attached hydrogens (tertiary/aromatic N) is 3. The fourth-order valence-electron chi connectivity index (χ4n) is 3.14. The molecule has 28 heavy (non-hydrogen) atoms. The molecule has 0 saturated carbocycles. The van der Waals surface area contributed by atoms with E-state index in [0.29, 0.717) is 11.4 Å². The number of halogens is 1. The molecule has 0 unspecified atom stereocenters. The van der Waals surface area contributed by atoms with Gasteiger partial charge in [-0.25, -0.2) is 0 Å². The third-order valence-corrected chi connectivity index (χ3v) is 4.56. The SMILES string of the molecule is COc1ccc(-c2ccc3nnc(-c4ccc(C)cc4OC)n3c2)cc1N.Cl. The van der Waals surface area contributed by atoms with Crippen molar-refractivity contribution in [3.05, 3.63) is 60.3 Å². The van der Waals surface area contributed by atoms with Crippen molar-refractivity contribution in [2.24, 2.45) is 0 Å². The van der Waals surface area contributed by atoms with Gasteiger partial charge in [-0.05, 0) is 60.0 Å². The van der Waals surface area contributed by atoms with Crippen molar-refractivity contribution in [3.63, 3.8) is 0 Å². The Balaban J connectivity index is 0.00000225. The molecule has 0 bridgehead atoms. The number of hydrogen-bond donors (Lipinski definition) is 1. The van der Waals surface area contributed by atoms with Crippen LogP contribution >= 0.6 is 12.4 Å². The van der Waals surface area contributed by atoms with Crippen LogP contribution in [-0.4, -0.2) is 28.8 Å². The largest absolute Gasteiger partial charge is 0.496 e. The smallest absolute Gasteiger partial charge is 0.172 e. The van der Waals surface area contributed by atoms with E-state index in [1.54, 1.807) is 14.2 Å². The van der Waals surface area contributed by atoms with E-state index in [9.17, 15) is 0 Å². The average Bonchev–Trinajstić information content (AvgIpc) is 3.10. The number of methoxy groups -OCH3 is 2. The summed E-state index contributed by atoms with van der Waals surface area (Å²) in [5.74, 6) is 2.16. The summed E-state index contributed by atoms with van der Waals surface area (Å²) in [4.78, 5) is 0. The van der Waals surface area contributed by atoms with Gasteiger partial charge in [0, 0.05) is 6.20 Å². The van der Waals surface area contributed by atoms with E-state index in [2.05, 4.69) is 10.2 Å². The van der Waals surface area contributed by atoms with Gasteiger partial charge in [-0.15, -0.1) is 22.6 Å². The number of nitrogen functional groups attached to an aromatic ring is 1. The lowest BCUT2D eigenvalue weighted by atomic mass is 10.1. The first kappa shape index (κ1) is 19.5. The Morgan fingerprint density at radius 3 is 2.32 bits per heavy atom. The molecule has 0 spiro atoms. The van der Waals surface area contributed by atoms with Crippen molar-refractivity contribution in [3.8, 4) is 34.0 Å². The van der Waals surface area contributed by atoms with Crippen molar-refractivity contribution in [2.45, 2.75) is 6.92 Å². The number of hydrogen-bond acceptors (Lipinski definition) is 5. The molecule has 0 saturated heterocycles. The van der Waals surface area contributed by atoms with Crippen LogP contribution in [0.1, 0.15) is 5.56 Å². The molecule has 144 valence electrons. The van der Waals surface area contributed by atoms with Gasteiger partial charge in [0.15, 0.2) is 11.5 Å². The molecule has 0 radical (unpaired) electrons. The first-order valence-corrected chi connectivity index (χ1v) is 8.54. The average molecular weight is 397 g/mol. The van der Waals surface area contributed by atoms with Crippen LogP contribution in [-0.2, 0) is 0 Å². The van der Waals surface area contributed by atoms with E-state index < -0.39 is 0 Å². The van der Waals surface area contributed by atoms with Crippen LogP contribution in [0.4, 0.5) is 5.69 Å². The molecule has 0 aliphatic rings. The zero-order chi connectivity index (χ0) is 19.0. The molecule has 6 nitrogen and oxygen atoms in total. The molecule has 2 N–H and O–H groups in total. The number of anilines is 1. The molecule has 7 heteroatoms. The summed E-state index contributed by atoms with van der Waals surface area (Å²) >= 11 is 0. The predicted molar refractivity (Wildman–Crippen MR) is 113 cm³/mol. The van der Waals surface area contributed by atoms with Gasteiger partial charge in [-0.2, -0.15) is 0 Å². The number of ether oxygens (including phenoxy) is 2. The van der Waals surface area contributed by atoms with Crippen molar-refractivity contribution < 1.29 is 9.47 Å². The molecule has 0 atom stereocenters. The summed E-state index contributed by atoms with van der Waals surface area (Å²) in [7, 11) is 3.27. The summed E-state index contributed by atoms with van der Waals surface area (Å²) < 4.78 is 12.7. The van der Waals surface area contributed by atoms with E-state index in [1.807, 2.05) is 66.1 Å². The zero-order valence-corrected chi connectivity index (χ0v) is 16.7. The summed E-state index contributed by atoms with van der Waals surface area (Å²) in [6.45, 7) is 2.03. The minimum atomic E-state index is 0. The number of nitrogens with two attached hydrogens (primary N) is 1. The Morgan fingerprint density at radius 1 is 0.857 bits per heavy atom. The van der Waals surface area contributed by atoms with Gasteiger partial charge in [0.2, 0.25) is 0 Å². The van der Waals surface area contributed by atoms with Gasteiger partial charge >= 0.3 is 0 Å². The maximum Gasteiger partial charge on any atom is 0.172 e. The lowest BCUT2D eigenvalue weighted by molar-refractivity contribution is 0.415. The predicted octanol–water partition coefficient (Wildman–Crippen LogP) is 4.39. The third-order valence-electron chi connectivity index (χ3n) is 4.56. The normalized spacial score (nSPS) is 10.5. The summed E-state index contributed by atoms with van der Waals surface area (Å²) in [6.07, 6.45) is 2.01. The molecule has 2 heterocycles. The molecule has 4 aromatic rings. The second kappa shape index (κ2) is 7.78. The Morgan fingerprint density at radius 2 is 1.61 bits per heavy atom. The van der Waals surface area contributed by atoms with Crippen LogP contribution in [0.3, 0.4) is 0 Å². The highest BCUT2D eigenvalue weighted by molar-refractivity contribution is 5.85. The number of benzene rings is 2. The molecule has 4 rings (SSSR count). The van der Waals surface area contributed by atoms with E-state index in [1.165, 1.54) is 0 Å². The van der Waals surface area contributed by atoms with Crippen LogP contribution in [0.25, 0.3) is 28.2 Å². The summed E-state index contributed by atoms with van der Waals surface area (Å²) in [5, 5.41) is 8.66. The van der Waals surface area contributed by atoms with Gasteiger partial charge in [0.25, 0.3) is 0 Å². The molecule has 0 aliphatic heterocycles. The van der Waals surface area contributed by atoms with Crippen molar-refractivity contribution >= 4 is 23.7 Å². The fourth-order valence-corrected chi connectivity index (χ4v) is 3.14. The maximum absolute atomic E-state index is 6.06. The summed E-state index contributed by atoms with van der Waals surface area (Å²) in [6, 6.07) is 15.7. The highest BCUT2D eigenvalue weighted by Crippen LogP contribution is 2.32. The van der Waals surface area contributed by atoms with Gasteiger partial charge in [-0.1, -0.05) is 12.1 Å². The molecule has 2 aromatic carbocycles. The first-order valence-electron chi connectivity index (χ1n) is 8.54. The number of pyridine rings is 1. The van der Waals surface area contributed by atoms with Crippen molar-refractivity contribution in [1.82, 2.24) is 14.6 Å². The Kier molecular flexibility index (Phi) is 5.42. The first-order chi connectivity index (χ1) is 13.1. The van der Waals surface area contributed by atoms with Gasteiger partial charge < -0.3 is 15.2 Å². The van der Waals surface area contributed by atoms with Crippen LogP contribution in [0.2, 0.25) is 0 Å². The molecular weight excluding hydrogens is 376 g/mol. The van der Waals surface area contributed by atoms with E-state index in [4.69, 9.17) is 15.2 Å². The molecule has 0 amide bonds. The number of aryl methyl sites for hydroxylation is 1. The lowest BCUT2D eigenvalue weighted by Crippen LogP contribution is -1.95. The van der Waals surface area contributed by atoms with E-state index >= 15 is 0 Å². The van der Waals surface area contributed by atoms with E-state index in [-0.39, 0.29) is 12.4 Å². The molecular formula is C21H21ClN4O2. The molecule has 2 aromatic heterocycles. The zero-order valence-electron chi connectivity index (χ0n) is 15.8. The molecule has 0 fully saturated rings. The Hall–Kier alpha value is -3.25. The minimum Gasteiger partial charge on any atom is -0.496 e. The van der Waals surface area contributed by atoms with Gasteiger partial charge in [0.1, 0.15) is 11.5 Å². The second-order valence-electron chi connectivity index (χ2n) is 6.33. The van der Waals surface area contributed by atoms with Crippen LogP contribution in [0.15, 0.2) is 54.7 Å². The Labute approximate surface area is 169 Å². The topological polar surface area (TPSA) is 74.7 Å². The highest BCUT2D eigenvalue weighted by atomic mass is 35.5. The van der Waals surface area contributed by atoms with E-state index in [0.717, 1.165) is 39.5 Å². The molecule has 0 aliphatic carbocycles. The summed E-state index contributed by atoms with van der Waals surface area (Å²) in [5.41, 5.74) is 11.4. The number of fused-ring (bicyclic) bond motifs is 1. The van der Waals surface area contributed by atoms with Crippen molar-refractivity contribution in [2.75, 3.05) is 20.0 Å². The monoisotopic (exact) mass is 396 g/mol. The lowest BCUT2D eigenvalue weighted by Gasteiger charge is -2.10. The second-order valence-corrected chi connectivity index (χ2v) is 6.33. The van der Waals surface area contributed by atoms with Crippen LogP contribution in [0.5, 0.6) is 11.5 Å². The highest BCUT2D eigenvalue weighted by Gasteiger charge is 2.14. The van der Waals surface area contributed by atoms with Gasteiger partial charge in [0.05, 0.1) is 25.5 Å². The number of rotatable bonds is 4.